The highest BCUT2D eigenvalue weighted by Gasteiger charge is 2.31. The lowest BCUT2D eigenvalue weighted by Gasteiger charge is -2.10. The number of hydrogen-bond donors (Lipinski definition) is 0. The lowest BCUT2D eigenvalue weighted by Crippen LogP contribution is -2.17. The van der Waals surface area contributed by atoms with Crippen LogP contribution in [0, 0.1) is 6.57 Å². The first kappa shape index (κ1) is 10.9. The van der Waals surface area contributed by atoms with Crippen molar-refractivity contribution in [2.24, 2.45) is 0 Å². The van der Waals surface area contributed by atoms with Gasteiger partial charge < -0.3 is 4.74 Å². The highest BCUT2D eigenvalue weighted by atomic mass is 79.9. The number of alkyl halides is 3. The third-order valence-corrected chi connectivity index (χ3v) is 1.76. The molecule has 0 heterocycles. The molecule has 1 rings (SSSR count). The SMILES string of the molecule is [C-]#[N+]c1cc(Br)ccc1OC(F)(F)F. The summed E-state index contributed by atoms with van der Waals surface area (Å²) in [5, 5.41) is 0. The van der Waals surface area contributed by atoms with Crippen molar-refractivity contribution in [1.82, 2.24) is 0 Å². The Hall–Kier alpha value is -1.22. The Bertz CT molecular complexity index is 383. The molecule has 2 nitrogen and oxygen atoms in total. The van der Waals surface area contributed by atoms with Gasteiger partial charge in [0.1, 0.15) is 5.75 Å². The second-order valence-electron chi connectivity index (χ2n) is 2.27. The second kappa shape index (κ2) is 3.88. The van der Waals surface area contributed by atoms with Crippen molar-refractivity contribution in [3.05, 3.63) is 34.1 Å². The molecule has 0 saturated carbocycles. The van der Waals surface area contributed by atoms with Gasteiger partial charge in [-0.1, -0.05) is 15.9 Å². The zero-order valence-corrected chi connectivity index (χ0v) is 8.19. The maximum Gasteiger partial charge on any atom is 0.571 e. The summed E-state index contributed by atoms with van der Waals surface area (Å²) in [4.78, 5) is 2.91. The minimum absolute atomic E-state index is 0.184. The highest BCUT2D eigenvalue weighted by molar-refractivity contribution is 9.10. The predicted octanol–water partition coefficient (Wildman–Crippen LogP) is 3.90. The van der Waals surface area contributed by atoms with Crippen molar-refractivity contribution in [2.45, 2.75) is 6.36 Å². The first-order valence-electron chi connectivity index (χ1n) is 3.35. The number of hydrogen-bond acceptors (Lipinski definition) is 1. The molecule has 0 aromatic heterocycles. The van der Waals surface area contributed by atoms with Gasteiger partial charge in [-0.3, -0.25) is 0 Å². The monoisotopic (exact) mass is 265 g/mol. The summed E-state index contributed by atoms with van der Waals surface area (Å²) < 4.78 is 39.6. The highest BCUT2D eigenvalue weighted by Crippen LogP contribution is 2.34. The number of nitrogens with zero attached hydrogens (tertiary/aromatic N) is 1. The molecule has 0 aliphatic rings. The number of rotatable bonds is 1. The summed E-state index contributed by atoms with van der Waals surface area (Å²) in [5.41, 5.74) is -0.184. The van der Waals surface area contributed by atoms with E-state index in [4.69, 9.17) is 6.57 Å². The standard InChI is InChI=1S/C8H3BrF3NO/c1-13-6-4-5(9)2-3-7(6)14-8(10,11)12/h2-4H. The van der Waals surface area contributed by atoms with Crippen LogP contribution < -0.4 is 4.74 Å². The van der Waals surface area contributed by atoms with Gasteiger partial charge in [0.05, 0.1) is 6.57 Å². The van der Waals surface area contributed by atoms with Crippen LogP contribution in [-0.2, 0) is 0 Å². The smallest absolute Gasteiger partial charge is 0.418 e. The molecule has 0 N–H and O–H groups in total. The number of benzene rings is 1. The van der Waals surface area contributed by atoms with Gasteiger partial charge >= 0.3 is 6.36 Å². The van der Waals surface area contributed by atoms with Gasteiger partial charge in [0.15, 0.2) is 0 Å². The van der Waals surface area contributed by atoms with Crippen LogP contribution in [0.4, 0.5) is 18.9 Å². The molecular weight excluding hydrogens is 263 g/mol. The van der Waals surface area contributed by atoms with Crippen LogP contribution in [0.15, 0.2) is 22.7 Å². The molecule has 1 aromatic carbocycles. The van der Waals surface area contributed by atoms with Gasteiger partial charge in [0, 0.05) is 4.47 Å². The molecule has 1 aromatic rings. The molecular formula is C8H3BrF3NO. The van der Waals surface area contributed by atoms with Gasteiger partial charge in [-0.15, -0.1) is 13.2 Å². The van der Waals surface area contributed by atoms with Crippen LogP contribution in [0.5, 0.6) is 5.75 Å². The van der Waals surface area contributed by atoms with E-state index in [1.807, 2.05) is 0 Å². The fraction of sp³-hybridized carbons (Fsp3) is 0.125. The molecule has 6 heteroatoms. The summed E-state index contributed by atoms with van der Waals surface area (Å²) in [5.74, 6) is -0.490. The van der Waals surface area contributed by atoms with E-state index in [0.717, 1.165) is 6.07 Å². The predicted molar refractivity (Wildman–Crippen MR) is 47.1 cm³/mol. The molecule has 0 amide bonds. The largest absolute Gasteiger partial charge is 0.571 e. The molecule has 14 heavy (non-hydrogen) atoms. The molecule has 0 atom stereocenters. The van der Waals surface area contributed by atoms with Crippen LogP contribution in [0.2, 0.25) is 0 Å². The molecule has 0 radical (unpaired) electrons. The minimum atomic E-state index is -4.77. The Balaban J connectivity index is 3.05. The Morgan fingerprint density at radius 1 is 1.36 bits per heavy atom. The van der Waals surface area contributed by atoms with Crippen LogP contribution >= 0.6 is 15.9 Å². The summed E-state index contributed by atoms with van der Waals surface area (Å²) in [6.45, 7) is 6.65. The van der Waals surface area contributed by atoms with E-state index in [1.54, 1.807) is 0 Å². The lowest BCUT2D eigenvalue weighted by molar-refractivity contribution is -0.274. The van der Waals surface area contributed by atoms with Gasteiger partial charge in [-0.2, -0.15) is 0 Å². The summed E-state index contributed by atoms with van der Waals surface area (Å²) in [7, 11) is 0. The Labute approximate surface area is 86.2 Å². The molecule has 0 saturated heterocycles. The molecule has 0 unspecified atom stereocenters. The fourth-order valence-electron chi connectivity index (χ4n) is 0.789. The maximum absolute atomic E-state index is 11.8. The van der Waals surface area contributed by atoms with Crippen molar-refractivity contribution in [3.63, 3.8) is 0 Å². The first-order chi connectivity index (χ1) is 6.42. The Morgan fingerprint density at radius 2 is 2.00 bits per heavy atom. The van der Waals surface area contributed by atoms with Gasteiger partial charge in [0.2, 0.25) is 5.69 Å². The van der Waals surface area contributed by atoms with Crippen molar-refractivity contribution >= 4 is 21.6 Å². The third-order valence-electron chi connectivity index (χ3n) is 1.27. The summed E-state index contributed by atoms with van der Waals surface area (Å²) >= 11 is 3.04. The van der Waals surface area contributed by atoms with E-state index in [0.29, 0.717) is 4.47 Å². The Morgan fingerprint density at radius 3 is 2.50 bits per heavy atom. The topological polar surface area (TPSA) is 13.6 Å². The van der Waals surface area contributed by atoms with E-state index in [-0.39, 0.29) is 5.69 Å². The molecule has 74 valence electrons. The van der Waals surface area contributed by atoms with Crippen molar-refractivity contribution in [2.75, 3.05) is 0 Å². The van der Waals surface area contributed by atoms with Crippen LogP contribution in [-0.4, -0.2) is 6.36 Å². The zero-order valence-electron chi connectivity index (χ0n) is 6.60. The van der Waals surface area contributed by atoms with Crippen LogP contribution in [0.25, 0.3) is 4.85 Å². The van der Waals surface area contributed by atoms with E-state index in [9.17, 15) is 13.2 Å². The molecule has 0 aliphatic carbocycles. The Kier molecular flexibility index (Phi) is 3.01. The van der Waals surface area contributed by atoms with Gasteiger partial charge in [-0.05, 0) is 18.2 Å². The first-order valence-corrected chi connectivity index (χ1v) is 4.14. The zero-order chi connectivity index (χ0) is 10.8. The number of halogens is 4. The van der Waals surface area contributed by atoms with Crippen LogP contribution in [0.3, 0.4) is 0 Å². The van der Waals surface area contributed by atoms with Crippen molar-refractivity contribution in [1.29, 1.82) is 0 Å². The quantitative estimate of drug-likeness (QED) is 0.703. The minimum Gasteiger partial charge on any atom is -0.418 e. The van der Waals surface area contributed by atoms with E-state index in [2.05, 4.69) is 25.5 Å². The molecule has 0 fully saturated rings. The molecule has 0 bridgehead atoms. The van der Waals surface area contributed by atoms with Crippen molar-refractivity contribution in [3.8, 4) is 5.75 Å². The maximum atomic E-state index is 11.8. The average molecular weight is 266 g/mol. The van der Waals surface area contributed by atoms with E-state index in [1.165, 1.54) is 12.1 Å². The summed E-state index contributed by atoms with van der Waals surface area (Å²) in [6.07, 6.45) is -4.77. The fourth-order valence-corrected chi connectivity index (χ4v) is 1.14. The summed E-state index contributed by atoms with van der Waals surface area (Å²) in [6, 6.07) is 3.72. The van der Waals surface area contributed by atoms with Gasteiger partial charge in [0.25, 0.3) is 0 Å². The van der Waals surface area contributed by atoms with Crippen LogP contribution in [0.1, 0.15) is 0 Å². The lowest BCUT2D eigenvalue weighted by atomic mass is 10.3. The average Bonchev–Trinajstić information content (AvgIpc) is 2.06. The third kappa shape index (κ3) is 2.92. The second-order valence-corrected chi connectivity index (χ2v) is 3.19. The number of ether oxygens (including phenoxy) is 1. The van der Waals surface area contributed by atoms with Gasteiger partial charge in [-0.25, -0.2) is 4.85 Å². The van der Waals surface area contributed by atoms with Crippen molar-refractivity contribution < 1.29 is 17.9 Å². The molecule has 0 aliphatic heterocycles. The molecule has 0 spiro atoms. The van der Waals surface area contributed by atoms with E-state index < -0.39 is 12.1 Å². The normalized spacial score (nSPS) is 10.8. The van der Waals surface area contributed by atoms with E-state index >= 15 is 0 Å².